The zero-order valence-corrected chi connectivity index (χ0v) is 18.7. The van der Waals surface area contributed by atoms with Gasteiger partial charge >= 0.3 is 12.1 Å². The lowest BCUT2D eigenvalue weighted by molar-refractivity contribution is -0.137. The summed E-state index contributed by atoms with van der Waals surface area (Å²) in [4.78, 5) is 39.3. The van der Waals surface area contributed by atoms with Crippen molar-refractivity contribution in [2.24, 2.45) is 0 Å². The minimum atomic E-state index is -0.981. The second-order valence-corrected chi connectivity index (χ2v) is 8.70. The number of thiazole rings is 1. The van der Waals surface area contributed by atoms with Gasteiger partial charge in [0.05, 0.1) is 18.5 Å². The Morgan fingerprint density at radius 3 is 2.36 bits per heavy atom. The molecule has 0 radical (unpaired) electrons. The van der Waals surface area contributed by atoms with Crippen molar-refractivity contribution in [1.29, 1.82) is 0 Å². The number of nitrogens with one attached hydrogen (secondary N) is 2. The van der Waals surface area contributed by atoms with Gasteiger partial charge in [-0.25, -0.2) is 9.78 Å². The van der Waals surface area contributed by atoms with Crippen molar-refractivity contribution in [1.82, 2.24) is 10.3 Å². The second-order valence-electron chi connectivity index (χ2n) is 7.84. The largest absolute Gasteiger partial charge is 0.481 e. The molecule has 8 nitrogen and oxygen atoms in total. The number of carbonyl (C=O) groups excluding carboxylic acids is 2. The first kappa shape index (κ1) is 22.5. The fraction of sp³-hybridized carbons (Fsp3) is 0.250. The van der Waals surface area contributed by atoms with Crippen LogP contribution in [-0.2, 0) is 20.7 Å². The lowest BCUT2D eigenvalue weighted by Gasteiger charge is -2.14. The van der Waals surface area contributed by atoms with Crippen LogP contribution in [0.5, 0.6) is 0 Å². The molecule has 33 heavy (non-hydrogen) atoms. The van der Waals surface area contributed by atoms with Crippen LogP contribution >= 0.6 is 11.3 Å². The lowest BCUT2D eigenvalue weighted by Crippen LogP contribution is -2.35. The highest BCUT2D eigenvalue weighted by Crippen LogP contribution is 2.44. The lowest BCUT2D eigenvalue weighted by atomic mass is 9.98. The number of ether oxygens (including phenoxy) is 1. The molecule has 0 bridgehead atoms. The van der Waals surface area contributed by atoms with E-state index in [9.17, 15) is 14.4 Å². The van der Waals surface area contributed by atoms with Crippen LogP contribution in [-0.4, -0.2) is 40.7 Å². The number of nitrogens with zero attached hydrogens (tertiary/aromatic N) is 1. The number of aromatic nitrogens is 1. The zero-order valence-electron chi connectivity index (χ0n) is 17.9. The Hall–Kier alpha value is -3.72. The van der Waals surface area contributed by atoms with Crippen LogP contribution in [0, 0.1) is 0 Å². The summed E-state index contributed by atoms with van der Waals surface area (Å²) in [6.45, 7) is 1.82. The zero-order chi connectivity index (χ0) is 23.4. The normalized spacial score (nSPS) is 13.0. The number of carboxylic acid groups (broad SMARTS) is 1. The number of anilines is 1. The molecule has 1 unspecified atom stereocenters. The summed E-state index contributed by atoms with van der Waals surface area (Å²) in [7, 11) is 0. The summed E-state index contributed by atoms with van der Waals surface area (Å²) in [5.41, 5.74) is 5.05. The van der Waals surface area contributed by atoms with E-state index in [0.29, 0.717) is 10.8 Å². The Bertz CT molecular complexity index is 1150. The van der Waals surface area contributed by atoms with E-state index in [1.54, 1.807) is 12.3 Å². The average Bonchev–Trinajstić information content (AvgIpc) is 3.33. The van der Waals surface area contributed by atoms with Gasteiger partial charge in [-0.05, 0) is 29.2 Å². The SMILES string of the molecule is CC(CC(=O)O)NC(=O)Cc1csc(NC(=O)OCC2c3ccccc3-c3ccccc32)n1. The Balaban J connectivity index is 1.31. The molecule has 0 spiro atoms. The van der Waals surface area contributed by atoms with Crippen LogP contribution in [0.3, 0.4) is 0 Å². The van der Waals surface area contributed by atoms with Crippen LogP contribution in [0.4, 0.5) is 9.93 Å². The molecule has 2 amide bonds. The number of amides is 2. The first-order valence-corrected chi connectivity index (χ1v) is 11.4. The van der Waals surface area contributed by atoms with E-state index >= 15 is 0 Å². The summed E-state index contributed by atoms with van der Waals surface area (Å²) < 4.78 is 5.51. The van der Waals surface area contributed by atoms with Crippen molar-refractivity contribution in [2.75, 3.05) is 11.9 Å². The second kappa shape index (κ2) is 9.83. The van der Waals surface area contributed by atoms with Crippen molar-refractivity contribution in [3.63, 3.8) is 0 Å². The van der Waals surface area contributed by atoms with E-state index in [1.807, 2.05) is 24.3 Å². The molecule has 0 saturated heterocycles. The highest BCUT2D eigenvalue weighted by Gasteiger charge is 2.29. The first-order chi connectivity index (χ1) is 15.9. The number of carbonyl (C=O) groups is 3. The van der Waals surface area contributed by atoms with Crippen molar-refractivity contribution in [2.45, 2.75) is 31.7 Å². The van der Waals surface area contributed by atoms with Crippen molar-refractivity contribution in [3.8, 4) is 11.1 Å². The molecule has 9 heteroatoms. The van der Waals surface area contributed by atoms with Gasteiger partial charge in [0.1, 0.15) is 6.61 Å². The van der Waals surface area contributed by atoms with Crippen LogP contribution in [0.2, 0.25) is 0 Å². The fourth-order valence-corrected chi connectivity index (χ4v) is 4.67. The van der Waals surface area contributed by atoms with Crippen LogP contribution < -0.4 is 10.6 Å². The van der Waals surface area contributed by atoms with E-state index in [0.717, 1.165) is 22.3 Å². The molecular formula is C24H23N3O5S. The van der Waals surface area contributed by atoms with Crippen molar-refractivity contribution in [3.05, 3.63) is 70.7 Å². The smallest absolute Gasteiger partial charge is 0.413 e. The summed E-state index contributed by atoms with van der Waals surface area (Å²) in [6, 6.07) is 15.7. The van der Waals surface area contributed by atoms with E-state index < -0.39 is 18.1 Å². The number of hydrogen-bond acceptors (Lipinski definition) is 6. The number of benzene rings is 2. The van der Waals surface area contributed by atoms with E-state index in [-0.39, 0.29) is 31.3 Å². The van der Waals surface area contributed by atoms with E-state index in [2.05, 4.69) is 39.9 Å². The predicted octanol–water partition coefficient (Wildman–Crippen LogP) is 4.03. The number of carboxylic acids is 1. The third-order valence-electron chi connectivity index (χ3n) is 5.33. The Labute approximate surface area is 194 Å². The van der Waals surface area contributed by atoms with Gasteiger partial charge in [0.15, 0.2) is 5.13 Å². The molecule has 3 N–H and O–H groups in total. The molecule has 0 aliphatic heterocycles. The minimum absolute atomic E-state index is 0.00711. The number of aliphatic carboxylic acids is 1. The topological polar surface area (TPSA) is 118 Å². The molecule has 1 aromatic heterocycles. The predicted molar refractivity (Wildman–Crippen MR) is 124 cm³/mol. The van der Waals surface area contributed by atoms with Gasteiger partial charge in [-0.3, -0.25) is 14.9 Å². The molecule has 1 aliphatic carbocycles. The van der Waals surface area contributed by atoms with Crippen LogP contribution in [0.1, 0.15) is 36.1 Å². The molecule has 1 aliphatic rings. The van der Waals surface area contributed by atoms with E-state index in [4.69, 9.17) is 9.84 Å². The third kappa shape index (κ3) is 5.38. The monoisotopic (exact) mass is 465 g/mol. The van der Waals surface area contributed by atoms with Gasteiger partial charge in [-0.2, -0.15) is 0 Å². The number of rotatable bonds is 8. The van der Waals surface area contributed by atoms with Crippen LogP contribution in [0.15, 0.2) is 53.9 Å². The highest BCUT2D eigenvalue weighted by molar-refractivity contribution is 7.13. The quantitative estimate of drug-likeness (QED) is 0.462. The van der Waals surface area contributed by atoms with Crippen LogP contribution in [0.25, 0.3) is 11.1 Å². The van der Waals surface area contributed by atoms with Crippen molar-refractivity contribution < 1.29 is 24.2 Å². The molecular weight excluding hydrogens is 442 g/mol. The maximum atomic E-state index is 12.4. The van der Waals surface area contributed by atoms with Gasteiger partial charge in [0.2, 0.25) is 5.91 Å². The highest BCUT2D eigenvalue weighted by atomic mass is 32.1. The molecule has 0 fully saturated rings. The molecule has 170 valence electrons. The Morgan fingerprint density at radius 1 is 1.09 bits per heavy atom. The Kier molecular flexibility index (Phi) is 6.69. The number of fused-ring (bicyclic) bond motifs is 3. The molecule has 3 aromatic rings. The first-order valence-electron chi connectivity index (χ1n) is 10.5. The molecule has 2 aromatic carbocycles. The number of hydrogen-bond donors (Lipinski definition) is 3. The molecule has 1 heterocycles. The average molecular weight is 466 g/mol. The van der Waals surface area contributed by atoms with Gasteiger partial charge in [-0.1, -0.05) is 48.5 Å². The maximum Gasteiger partial charge on any atom is 0.413 e. The summed E-state index contributed by atoms with van der Waals surface area (Å²) in [6.07, 6.45) is -0.776. The van der Waals surface area contributed by atoms with Crippen molar-refractivity contribution >= 4 is 34.4 Å². The standard InChI is InChI=1S/C24H23N3O5S/c1-14(10-22(29)30)25-21(28)11-15-13-33-23(26-15)27-24(31)32-12-20-18-8-4-2-6-16(18)17-7-3-5-9-19(17)20/h2-9,13-14,20H,10-12H2,1H3,(H,25,28)(H,29,30)(H,26,27,31). The van der Waals surface area contributed by atoms with Gasteiger partial charge < -0.3 is 15.2 Å². The minimum Gasteiger partial charge on any atom is -0.481 e. The maximum absolute atomic E-state index is 12.4. The van der Waals surface area contributed by atoms with E-state index in [1.165, 1.54) is 11.3 Å². The molecule has 0 saturated carbocycles. The van der Waals surface area contributed by atoms with Gasteiger partial charge in [0.25, 0.3) is 0 Å². The van der Waals surface area contributed by atoms with Gasteiger partial charge in [0, 0.05) is 17.3 Å². The summed E-state index contributed by atoms with van der Waals surface area (Å²) >= 11 is 1.19. The van der Waals surface area contributed by atoms with Gasteiger partial charge in [-0.15, -0.1) is 11.3 Å². The summed E-state index contributed by atoms with van der Waals surface area (Å²) in [5.74, 6) is -1.35. The molecule has 1 atom stereocenters. The Morgan fingerprint density at radius 2 is 1.73 bits per heavy atom. The fourth-order valence-electron chi connectivity index (χ4n) is 3.97. The third-order valence-corrected chi connectivity index (χ3v) is 6.14. The molecule has 4 rings (SSSR count). The summed E-state index contributed by atoms with van der Waals surface area (Å²) in [5, 5.41) is 16.0.